The first-order valence-corrected chi connectivity index (χ1v) is 19.2. The SMILES string of the molecule is C[C@@H]1CCCCO[C@@H](CN(C)S(=O)(=O)c2cccs2)[C@H](C)CN([C@H](C)CO)C(=O)c2cc(NS(=O)(=O)c3ccc(F)cc3)ccc2O1. The number of rotatable bonds is 9. The molecule has 1 aromatic heterocycles. The van der Waals surface area contributed by atoms with E-state index in [4.69, 9.17) is 9.47 Å². The molecule has 0 spiro atoms. The monoisotopic (exact) mass is 711 g/mol. The van der Waals surface area contributed by atoms with Crippen molar-refractivity contribution < 1.29 is 40.6 Å². The second kappa shape index (κ2) is 15.9. The molecule has 2 heterocycles. The third kappa shape index (κ3) is 9.30. The molecule has 1 aliphatic rings. The number of ether oxygens (including phenoxy) is 2. The standard InChI is InChI=1S/C32H42FN3O8S3/c1-22-19-36(23(2)21-37)32(38)28-18-26(34-46(39,40)27-13-10-25(33)11-14-27)12-15-29(28)44-24(3)8-5-6-16-43-30(22)20-35(4)47(41,42)31-9-7-17-45-31/h7,9-15,17-18,22-24,30,34,37H,5-6,8,16,19-21H2,1-4H3/t22-,23-,24-,30+/m1/s1. The first-order chi connectivity index (χ1) is 22.2. The van der Waals surface area contributed by atoms with E-state index in [1.807, 2.05) is 13.8 Å². The van der Waals surface area contributed by atoms with Gasteiger partial charge in [-0.05, 0) is 87.0 Å². The van der Waals surface area contributed by atoms with Gasteiger partial charge in [0.2, 0.25) is 0 Å². The van der Waals surface area contributed by atoms with Crippen LogP contribution < -0.4 is 9.46 Å². The van der Waals surface area contributed by atoms with Crippen LogP contribution in [0.1, 0.15) is 50.4 Å². The Hall–Kier alpha value is -3.08. The molecule has 0 saturated heterocycles. The van der Waals surface area contributed by atoms with Crippen molar-refractivity contribution in [3.63, 3.8) is 0 Å². The maximum absolute atomic E-state index is 14.3. The first kappa shape index (κ1) is 36.8. The molecule has 4 rings (SSSR count). The van der Waals surface area contributed by atoms with Crippen molar-refractivity contribution in [2.24, 2.45) is 5.92 Å². The van der Waals surface area contributed by atoms with Crippen molar-refractivity contribution in [1.29, 1.82) is 0 Å². The van der Waals surface area contributed by atoms with Crippen LogP contribution in [0.25, 0.3) is 0 Å². The quantitative estimate of drug-likeness (QED) is 0.322. The Bertz CT molecular complexity index is 1700. The minimum Gasteiger partial charge on any atom is -0.490 e. The van der Waals surface area contributed by atoms with Crippen LogP contribution in [0.5, 0.6) is 5.75 Å². The van der Waals surface area contributed by atoms with Crippen LogP contribution in [0.3, 0.4) is 0 Å². The van der Waals surface area contributed by atoms with Crippen molar-refractivity contribution in [2.45, 2.75) is 67.4 Å². The number of amides is 1. The minimum absolute atomic E-state index is 0.0440. The topological polar surface area (TPSA) is 143 Å². The Kier molecular flexibility index (Phi) is 12.4. The fourth-order valence-corrected chi connectivity index (χ4v) is 8.63. The molecule has 0 radical (unpaired) electrons. The first-order valence-electron chi connectivity index (χ1n) is 15.3. The van der Waals surface area contributed by atoms with Crippen LogP contribution in [0.15, 0.2) is 69.1 Å². The molecule has 0 aliphatic carbocycles. The molecule has 11 nitrogen and oxygen atoms in total. The number of halogens is 1. The number of nitrogens with one attached hydrogen (secondary N) is 1. The average molecular weight is 712 g/mol. The van der Waals surface area contributed by atoms with Crippen LogP contribution >= 0.6 is 11.3 Å². The summed E-state index contributed by atoms with van der Waals surface area (Å²) in [5, 5.41) is 11.9. The fraction of sp³-hybridized carbons (Fsp3) is 0.469. The van der Waals surface area contributed by atoms with E-state index in [1.54, 1.807) is 24.4 Å². The molecule has 47 heavy (non-hydrogen) atoms. The van der Waals surface area contributed by atoms with Gasteiger partial charge in [0, 0.05) is 38.3 Å². The lowest BCUT2D eigenvalue weighted by Crippen LogP contribution is -2.48. The number of carbonyl (C=O) groups is 1. The van der Waals surface area contributed by atoms with E-state index in [2.05, 4.69) is 4.72 Å². The maximum Gasteiger partial charge on any atom is 0.261 e. The highest BCUT2D eigenvalue weighted by Gasteiger charge is 2.33. The molecule has 4 atom stereocenters. The highest BCUT2D eigenvalue weighted by molar-refractivity contribution is 7.92. The van der Waals surface area contributed by atoms with Crippen molar-refractivity contribution in [3.05, 3.63) is 71.4 Å². The lowest BCUT2D eigenvalue weighted by molar-refractivity contribution is -0.00832. The van der Waals surface area contributed by atoms with Gasteiger partial charge < -0.3 is 19.5 Å². The second-order valence-electron chi connectivity index (χ2n) is 11.8. The number of likely N-dealkylation sites (N-methyl/N-ethyl adjacent to an activating group) is 1. The lowest BCUT2D eigenvalue weighted by atomic mass is 10.0. The average Bonchev–Trinajstić information content (AvgIpc) is 3.59. The molecule has 2 aromatic carbocycles. The molecule has 2 N–H and O–H groups in total. The zero-order valence-corrected chi connectivity index (χ0v) is 29.3. The van der Waals surface area contributed by atoms with Gasteiger partial charge in [0.05, 0.1) is 35.3 Å². The Morgan fingerprint density at radius 3 is 2.49 bits per heavy atom. The largest absolute Gasteiger partial charge is 0.490 e. The van der Waals surface area contributed by atoms with E-state index in [0.717, 1.165) is 42.0 Å². The summed E-state index contributed by atoms with van der Waals surface area (Å²) < 4.78 is 82.4. The number of sulfonamides is 2. The molecule has 15 heteroatoms. The van der Waals surface area contributed by atoms with Gasteiger partial charge in [-0.25, -0.2) is 21.2 Å². The van der Waals surface area contributed by atoms with E-state index in [0.29, 0.717) is 19.4 Å². The summed E-state index contributed by atoms with van der Waals surface area (Å²) >= 11 is 1.13. The second-order valence-corrected chi connectivity index (χ2v) is 16.7. The van der Waals surface area contributed by atoms with E-state index in [-0.39, 0.29) is 57.8 Å². The highest BCUT2D eigenvalue weighted by Crippen LogP contribution is 2.30. The van der Waals surface area contributed by atoms with Crippen LogP contribution in [0.2, 0.25) is 0 Å². The molecule has 3 aromatic rings. The van der Waals surface area contributed by atoms with Crippen molar-refractivity contribution in [1.82, 2.24) is 9.21 Å². The van der Waals surface area contributed by atoms with Gasteiger partial charge in [-0.15, -0.1) is 11.3 Å². The Morgan fingerprint density at radius 2 is 1.83 bits per heavy atom. The van der Waals surface area contributed by atoms with Gasteiger partial charge in [-0.2, -0.15) is 4.31 Å². The lowest BCUT2D eigenvalue weighted by Gasteiger charge is -2.35. The summed E-state index contributed by atoms with van der Waals surface area (Å²) in [6.07, 6.45) is 1.20. The van der Waals surface area contributed by atoms with E-state index < -0.39 is 43.9 Å². The zero-order chi connectivity index (χ0) is 34.4. The molecule has 0 saturated carbocycles. The highest BCUT2D eigenvalue weighted by atomic mass is 32.2. The molecule has 258 valence electrons. The summed E-state index contributed by atoms with van der Waals surface area (Å²) in [6.45, 7) is 5.57. The van der Waals surface area contributed by atoms with Gasteiger partial charge >= 0.3 is 0 Å². The maximum atomic E-state index is 14.3. The number of anilines is 1. The number of hydrogen-bond acceptors (Lipinski definition) is 9. The predicted molar refractivity (Wildman–Crippen MR) is 178 cm³/mol. The van der Waals surface area contributed by atoms with E-state index in [9.17, 15) is 31.1 Å². The number of fused-ring (bicyclic) bond motifs is 1. The fourth-order valence-electron chi connectivity index (χ4n) is 5.19. The van der Waals surface area contributed by atoms with Gasteiger partial charge in [-0.3, -0.25) is 9.52 Å². The number of thiophene rings is 1. The third-order valence-corrected chi connectivity index (χ3v) is 12.6. The van der Waals surface area contributed by atoms with Crippen LogP contribution in [0, 0.1) is 11.7 Å². The number of aliphatic hydroxyl groups excluding tert-OH is 1. The summed E-state index contributed by atoms with van der Waals surface area (Å²) in [6, 6.07) is 11.3. The summed E-state index contributed by atoms with van der Waals surface area (Å²) in [7, 11) is -6.37. The van der Waals surface area contributed by atoms with E-state index in [1.165, 1.54) is 34.5 Å². The number of carbonyl (C=O) groups excluding carboxylic acids is 1. The van der Waals surface area contributed by atoms with Crippen molar-refractivity contribution >= 4 is 43.0 Å². The summed E-state index contributed by atoms with van der Waals surface area (Å²) in [4.78, 5) is 15.6. The van der Waals surface area contributed by atoms with Crippen molar-refractivity contribution in [3.8, 4) is 5.75 Å². The van der Waals surface area contributed by atoms with E-state index >= 15 is 0 Å². The molecule has 0 unspecified atom stereocenters. The molecular formula is C32H42FN3O8S3. The van der Waals surface area contributed by atoms with Gasteiger partial charge in [-0.1, -0.05) is 13.0 Å². The Morgan fingerprint density at radius 1 is 1.11 bits per heavy atom. The summed E-state index contributed by atoms with van der Waals surface area (Å²) in [5.41, 5.74) is 0.167. The van der Waals surface area contributed by atoms with Crippen LogP contribution in [0.4, 0.5) is 10.1 Å². The molecule has 0 bridgehead atoms. The molecule has 1 amide bonds. The smallest absolute Gasteiger partial charge is 0.261 e. The van der Waals surface area contributed by atoms with Gasteiger partial charge in [0.15, 0.2) is 0 Å². The number of benzene rings is 2. The Labute approximate surface area is 280 Å². The van der Waals surface area contributed by atoms with Crippen molar-refractivity contribution in [2.75, 3.05) is 38.1 Å². The number of hydrogen-bond donors (Lipinski definition) is 2. The van der Waals surface area contributed by atoms with Crippen LogP contribution in [-0.2, 0) is 24.8 Å². The molecule has 0 fully saturated rings. The normalized spacial score (nSPS) is 21.0. The zero-order valence-electron chi connectivity index (χ0n) is 26.8. The van der Waals surface area contributed by atoms with Crippen LogP contribution in [-0.4, -0.2) is 88.7 Å². The minimum atomic E-state index is -4.12. The predicted octanol–water partition coefficient (Wildman–Crippen LogP) is 4.80. The number of nitrogens with zero attached hydrogens (tertiary/aromatic N) is 2. The molecule has 1 aliphatic heterocycles. The third-order valence-electron chi connectivity index (χ3n) is 8.02. The van der Waals surface area contributed by atoms with Gasteiger partial charge in [0.1, 0.15) is 15.8 Å². The van der Waals surface area contributed by atoms with Gasteiger partial charge in [0.25, 0.3) is 26.0 Å². The molecular weight excluding hydrogens is 670 g/mol. The number of aliphatic hydroxyl groups is 1. The Balaban J connectivity index is 1.68. The summed E-state index contributed by atoms with van der Waals surface area (Å²) in [5.74, 6) is -1.22.